The second-order valence-corrected chi connectivity index (χ2v) is 5.91. The third kappa shape index (κ3) is 4.75. The van der Waals surface area contributed by atoms with Gasteiger partial charge in [0.2, 0.25) is 11.9 Å². The van der Waals surface area contributed by atoms with Crippen LogP contribution in [0, 0.1) is 0 Å². The van der Waals surface area contributed by atoms with E-state index < -0.39 is 29.8 Å². The molecule has 0 aromatic heterocycles. The third-order valence-electron chi connectivity index (χ3n) is 4.21. The Morgan fingerprint density at radius 2 is 1.67 bits per heavy atom. The first-order valence-electron chi connectivity index (χ1n) is 8.53. The minimum Gasteiger partial charge on any atom is -0.497 e. The first kappa shape index (κ1) is 20.2. The van der Waals surface area contributed by atoms with Crippen LogP contribution >= 0.6 is 0 Å². The lowest BCUT2D eigenvalue weighted by atomic mass is 9.96. The SMILES string of the molecule is CCOC(=O)C(NC(=O)C(C)c1ccc2cc(OC)ccc2c1)C(=O)OC. The lowest BCUT2D eigenvalue weighted by molar-refractivity contribution is -0.158. The van der Waals surface area contributed by atoms with Gasteiger partial charge in [-0.3, -0.25) is 4.79 Å². The topological polar surface area (TPSA) is 90.9 Å². The Kier molecular flexibility index (Phi) is 6.76. The number of hydrogen-bond donors (Lipinski definition) is 1. The number of fused-ring (bicyclic) bond motifs is 1. The molecule has 2 aromatic carbocycles. The second kappa shape index (κ2) is 9.02. The second-order valence-electron chi connectivity index (χ2n) is 5.91. The molecule has 0 aliphatic rings. The van der Waals surface area contributed by atoms with E-state index in [1.54, 1.807) is 21.0 Å². The molecule has 0 aliphatic carbocycles. The Balaban J connectivity index is 2.20. The van der Waals surface area contributed by atoms with E-state index in [1.165, 1.54) is 0 Å². The number of rotatable bonds is 7. The molecule has 1 amide bonds. The van der Waals surface area contributed by atoms with Crippen LogP contribution in [0.4, 0.5) is 0 Å². The molecule has 2 rings (SSSR count). The average molecular weight is 373 g/mol. The Morgan fingerprint density at radius 3 is 2.30 bits per heavy atom. The number of amides is 1. The molecule has 7 nitrogen and oxygen atoms in total. The van der Waals surface area contributed by atoms with Gasteiger partial charge in [0.25, 0.3) is 0 Å². The predicted octanol–water partition coefficient (Wildman–Crippen LogP) is 2.17. The van der Waals surface area contributed by atoms with Gasteiger partial charge < -0.3 is 19.5 Å². The van der Waals surface area contributed by atoms with Gasteiger partial charge in [0.05, 0.1) is 26.7 Å². The molecule has 0 bridgehead atoms. The van der Waals surface area contributed by atoms with Crippen LogP contribution < -0.4 is 10.1 Å². The summed E-state index contributed by atoms with van der Waals surface area (Å²) in [6.07, 6.45) is 0. The van der Waals surface area contributed by atoms with Gasteiger partial charge in [0.1, 0.15) is 5.75 Å². The Bertz CT molecular complexity index is 847. The smallest absolute Gasteiger partial charge is 0.340 e. The summed E-state index contributed by atoms with van der Waals surface area (Å²) in [5, 5.41) is 4.33. The van der Waals surface area contributed by atoms with Crippen molar-refractivity contribution in [2.75, 3.05) is 20.8 Å². The van der Waals surface area contributed by atoms with Crippen LogP contribution in [-0.2, 0) is 23.9 Å². The molecule has 0 spiro atoms. The fraction of sp³-hybridized carbons (Fsp3) is 0.350. The number of nitrogens with one attached hydrogen (secondary N) is 1. The maximum atomic E-state index is 12.6. The molecule has 1 N–H and O–H groups in total. The highest BCUT2D eigenvalue weighted by Crippen LogP contribution is 2.25. The van der Waals surface area contributed by atoms with Crippen LogP contribution in [0.1, 0.15) is 25.3 Å². The largest absolute Gasteiger partial charge is 0.497 e. The molecule has 0 saturated heterocycles. The van der Waals surface area contributed by atoms with Crippen molar-refractivity contribution in [1.82, 2.24) is 5.32 Å². The minimum atomic E-state index is -1.49. The average Bonchev–Trinajstić information content (AvgIpc) is 2.69. The fourth-order valence-corrected chi connectivity index (χ4v) is 2.61. The van der Waals surface area contributed by atoms with Crippen LogP contribution in [-0.4, -0.2) is 44.7 Å². The lowest BCUT2D eigenvalue weighted by Gasteiger charge is -2.18. The molecular formula is C20H23NO6. The molecular weight excluding hydrogens is 350 g/mol. The molecule has 27 heavy (non-hydrogen) atoms. The molecule has 7 heteroatoms. The third-order valence-corrected chi connectivity index (χ3v) is 4.21. The van der Waals surface area contributed by atoms with Crippen molar-refractivity contribution in [3.05, 3.63) is 42.0 Å². The van der Waals surface area contributed by atoms with Crippen molar-refractivity contribution >= 4 is 28.6 Å². The fourth-order valence-electron chi connectivity index (χ4n) is 2.61. The van der Waals surface area contributed by atoms with Crippen molar-refractivity contribution in [1.29, 1.82) is 0 Å². The normalized spacial score (nSPS) is 12.7. The number of esters is 2. The summed E-state index contributed by atoms with van der Waals surface area (Å²) in [6.45, 7) is 3.40. The molecule has 144 valence electrons. The molecule has 0 saturated carbocycles. The van der Waals surface area contributed by atoms with Crippen LogP contribution in [0.15, 0.2) is 36.4 Å². The highest BCUT2D eigenvalue weighted by Gasteiger charge is 2.32. The van der Waals surface area contributed by atoms with Crippen molar-refractivity contribution < 1.29 is 28.6 Å². The summed E-state index contributed by atoms with van der Waals surface area (Å²) < 4.78 is 14.6. The summed E-state index contributed by atoms with van der Waals surface area (Å²) in [6, 6.07) is 9.75. The van der Waals surface area contributed by atoms with E-state index in [9.17, 15) is 14.4 Å². The molecule has 0 fully saturated rings. The van der Waals surface area contributed by atoms with E-state index in [0.717, 1.165) is 29.2 Å². The number of methoxy groups -OCH3 is 2. The summed E-state index contributed by atoms with van der Waals surface area (Å²) in [5.41, 5.74) is 0.748. The van der Waals surface area contributed by atoms with Crippen LogP contribution in [0.5, 0.6) is 5.75 Å². The zero-order valence-electron chi connectivity index (χ0n) is 15.8. The zero-order chi connectivity index (χ0) is 20.0. The summed E-state index contributed by atoms with van der Waals surface area (Å²) in [5.74, 6) is -2.05. The van der Waals surface area contributed by atoms with Gasteiger partial charge >= 0.3 is 11.9 Å². The monoisotopic (exact) mass is 373 g/mol. The first-order chi connectivity index (χ1) is 12.9. The zero-order valence-corrected chi connectivity index (χ0v) is 15.8. The van der Waals surface area contributed by atoms with E-state index in [2.05, 4.69) is 10.1 Å². The Labute approximate surface area is 157 Å². The summed E-state index contributed by atoms with van der Waals surface area (Å²) in [7, 11) is 2.74. The number of carbonyl (C=O) groups excluding carboxylic acids is 3. The molecule has 2 unspecified atom stereocenters. The van der Waals surface area contributed by atoms with Gasteiger partial charge in [-0.1, -0.05) is 24.3 Å². The van der Waals surface area contributed by atoms with Crippen LogP contribution in [0.2, 0.25) is 0 Å². The van der Waals surface area contributed by atoms with Gasteiger partial charge in [0.15, 0.2) is 0 Å². The van der Waals surface area contributed by atoms with E-state index >= 15 is 0 Å². The van der Waals surface area contributed by atoms with Gasteiger partial charge in [0, 0.05) is 0 Å². The predicted molar refractivity (Wildman–Crippen MR) is 99.5 cm³/mol. The van der Waals surface area contributed by atoms with E-state index in [1.807, 2.05) is 36.4 Å². The van der Waals surface area contributed by atoms with Crippen molar-refractivity contribution in [2.24, 2.45) is 0 Å². The first-order valence-corrected chi connectivity index (χ1v) is 8.53. The Hall–Kier alpha value is -3.09. The number of hydrogen-bond acceptors (Lipinski definition) is 6. The summed E-state index contributed by atoms with van der Waals surface area (Å²) in [4.78, 5) is 36.3. The molecule has 2 atom stereocenters. The van der Waals surface area contributed by atoms with Crippen molar-refractivity contribution in [3.63, 3.8) is 0 Å². The van der Waals surface area contributed by atoms with Gasteiger partial charge in [-0.15, -0.1) is 0 Å². The minimum absolute atomic E-state index is 0.0892. The number of benzene rings is 2. The van der Waals surface area contributed by atoms with Gasteiger partial charge in [-0.25, -0.2) is 9.59 Å². The van der Waals surface area contributed by atoms with Gasteiger partial charge in [-0.2, -0.15) is 0 Å². The molecule has 2 aromatic rings. The highest BCUT2D eigenvalue weighted by atomic mass is 16.6. The lowest BCUT2D eigenvalue weighted by Crippen LogP contribution is -2.49. The summed E-state index contributed by atoms with van der Waals surface area (Å²) >= 11 is 0. The number of carbonyl (C=O) groups is 3. The Morgan fingerprint density at radius 1 is 1.00 bits per heavy atom. The van der Waals surface area contributed by atoms with Gasteiger partial charge in [-0.05, 0) is 42.3 Å². The van der Waals surface area contributed by atoms with Crippen LogP contribution in [0.3, 0.4) is 0 Å². The van der Waals surface area contributed by atoms with E-state index in [-0.39, 0.29) is 6.61 Å². The van der Waals surface area contributed by atoms with E-state index in [4.69, 9.17) is 9.47 Å². The van der Waals surface area contributed by atoms with Crippen LogP contribution in [0.25, 0.3) is 10.8 Å². The van der Waals surface area contributed by atoms with Crippen molar-refractivity contribution in [2.45, 2.75) is 25.8 Å². The maximum Gasteiger partial charge on any atom is 0.340 e. The van der Waals surface area contributed by atoms with Crippen molar-refractivity contribution in [3.8, 4) is 5.75 Å². The number of ether oxygens (including phenoxy) is 3. The highest BCUT2D eigenvalue weighted by molar-refractivity contribution is 6.03. The standard InChI is InChI=1S/C20H23NO6/c1-5-27-20(24)17(19(23)26-4)21-18(22)12(2)13-6-7-15-11-16(25-3)9-8-14(15)10-13/h6-12,17H,5H2,1-4H3,(H,21,22). The maximum absolute atomic E-state index is 12.6. The molecule has 0 radical (unpaired) electrons. The molecule has 0 aliphatic heterocycles. The quantitative estimate of drug-likeness (QED) is 0.591. The van der Waals surface area contributed by atoms with E-state index in [0.29, 0.717) is 0 Å². The molecule has 0 heterocycles.